The number of carboxylic acids is 1. The number of aliphatic carboxylic acids is 1. The molecular weight excluding hydrogens is 511 g/mol. The van der Waals surface area contributed by atoms with Gasteiger partial charge in [0.05, 0.1) is 34.3 Å². The number of carbonyl (C=O) groups is 2. The number of likely N-dealkylation sites (tertiary alicyclic amines) is 1. The number of halogens is 2. The van der Waals surface area contributed by atoms with E-state index in [9.17, 15) is 23.1 Å². The second kappa shape index (κ2) is 10.8. The summed E-state index contributed by atoms with van der Waals surface area (Å²) in [5.41, 5.74) is 0.129. The highest BCUT2D eigenvalue weighted by atomic mass is 35.5. The zero-order valence-electron chi connectivity index (χ0n) is 19.9. The fourth-order valence-corrected chi connectivity index (χ4v) is 6.47. The number of rotatable bonds is 9. The zero-order chi connectivity index (χ0) is 26.0. The van der Waals surface area contributed by atoms with Crippen molar-refractivity contribution >= 4 is 44.9 Å². The lowest BCUT2D eigenvalue weighted by Crippen LogP contribution is -2.57. The Balaban J connectivity index is 2.26. The number of aromatic nitrogens is 1. The lowest BCUT2D eigenvalue weighted by Gasteiger charge is -2.51. The summed E-state index contributed by atoms with van der Waals surface area (Å²) in [6, 6.07) is 9.35. The van der Waals surface area contributed by atoms with Crippen molar-refractivity contribution in [3.63, 3.8) is 0 Å². The minimum absolute atomic E-state index is 0.0560. The average Bonchev–Trinajstić information content (AvgIpc) is 2.79. The van der Waals surface area contributed by atoms with Crippen LogP contribution in [0.4, 0.5) is 0 Å². The summed E-state index contributed by atoms with van der Waals surface area (Å²) in [5.74, 6) is -2.13. The van der Waals surface area contributed by atoms with Gasteiger partial charge in [-0.15, -0.1) is 0 Å². The van der Waals surface area contributed by atoms with Gasteiger partial charge in [-0.3, -0.25) is 14.6 Å². The molecule has 0 radical (unpaired) electrons. The van der Waals surface area contributed by atoms with Crippen LogP contribution in [0.2, 0.25) is 10.0 Å². The van der Waals surface area contributed by atoms with Crippen LogP contribution >= 0.6 is 23.2 Å². The van der Waals surface area contributed by atoms with Gasteiger partial charge in [0, 0.05) is 28.9 Å². The molecule has 2 aromatic rings. The predicted octanol–water partition coefficient (Wildman–Crippen LogP) is 5.14. The van der Waals surface area contributed by atoms with Crippen molar-refractivity contribution in [2.24, 2.45) is 5.41 Å². The maximum atomic E-state index is 14.0. The monoisotopic (exact) mass is 540 g/mol. The van der Waals surface area contributed by atoms with Gasteiger partial charge in [-0.25, -0.2) is 8.42 Å². The number of piperidine rings is 1. The summed E-state index contributed by atoms with van der Waals surface area (Å²) < 4.78 is 25.3. The van der Waals surface area contributed by atoms with Gasteiger partial charge >= 0.3 is 5.97 Å². The third kappa shape index (κ3) is 6.16. The molecule has 1 aliphatic rings. The summed E-state index contributed by atoms with van der Waals surface area (Å²) in [6.45, 7) is 5.04. The number of sulfone groups is 1. The number of nitrogens with zero attached hydrogens (tertiary/aromatic N) is 2. The van der Waals surface area contributed by atoms with Crippen LogP contribution in [0, 0.1) is 5.41 Å². The Morgan fingerprint density at radius 1 is 1.23 bits per heavy atom. The van der Waals surface area contributed by atoms with Crippen molar-refractivity contribution in [2.45, 2.75) is 58.0 Å². The maximum absolute atomic E-state index is 14.0. The molecule has 0 unspecified atom stereocenters. The van der Waals surface area contributed by atoms with Crippen LogP contribution in [-0.4, -0.2) is 52.8 Å². The average molecular weight is 541 g/mol. The SMILES string of the molecule is CC[C@@H](CS(=O)(=O)CC)N1C(=O)[C@](C)(CC(=O)O)C[C@H](c2cccc(Cl)c2)[C@H]1c1ccc(Cl)cn1. The second-order valence-electron chi connectivity index (χ2n) is 9.32. The predicted molar refractivity (Wildman–Crippen MR) is 136 cm³/mol. The molecule has 190 valence electrons. The summed E-state index contributed by atoms with van der Waals surface area (Å²) in [4.78, 5) is 31.9. The van der Waals surface area contributed by atoms with Gasteiger partial charge in [-0.2, -0.15) is 0 Å². The first kappa shape index (κ1) is 27.4. The smallest absolute Gasteiger partial charge is 0.304 e. The molecule has 10 heteroatoms. The Hall–Kier alpha value is -2.16. The first-order chi connectivity index (χ1) is 16.4. The molecule has 1 aromatic heterocycles. The van der Waals surface area contributed by atoms with E-state index in [1.54, 1.807) is 49.1 Å². The molecule has 7 nitrogen and oxygen atoms in total. The van der Waals surface area contributed by atoms with Crippen LogP contribution in [-0.2, 0) is 19.4 Å². The number of amides is 1. The Bertz CT molecular complexity index is 1190. The van der Waals surface area contributed by atoms with Gasteiger partial charge in [-0.1, -0.05) is 56.1 Å². The Morgan fingerprint density at radius 3 is 2.49 bits per heavy atom. The molecule has 1 aromatic carbocycles. The van der Waals surface area contributed by atoms with Gasteiger partial charge in [0.25, 0.3) is 0 Å². The summed E-state index contributed by atoms with van der Waals surface area (Å²) in [5, 5.41) is 10.6. The Labute approximate surface area is 216 Å². The molecular formula is C25H30Cl2N2O5S. The number of carbonyl (C=O) groups excluding carboxylic acids is 1. The fraction of sp³-hybridized carbons (Fsp3) is 0.480. The fourth-order valence-electron chi connectivity index (χ4n) is 4.94. The molecule has 1 amide bonds. The minimum Gasteiger partial charge on any atom is -0.481 e. The molecule has 1 saturated heterocycles. The van der Waals surface area contributed by atoms with Crippen molar-refractivity contribution in [3.05, 3.63) is 63.9 Å². The topological polar surface area (TPSA) is 105 Å². The van der Waals surface area contributed by atoms with E-state index < -0.39 is 39.2 Å². The molecule has 0 aliphatic carbocycles. The normalized spacial score (nSPS) is 23.8. The Morgan fingerprint density at radius 2 is 1.94 bits per heavy atom. The van der Waals surface area contributed by atoms with Crippen molar-refractivity contribution in [1.82, 2.24) is 9.88 Å². The lowest BCUT2D eigenvalue weighted by atomic mass is 9.67. The zero-order valence-corrected chi connectivity index (χ0v) is 22.3. The molecule has 1 aliphatic heterocycles. The molecule has 4 atom stereocenters. The standard InChI is InChI=1S/C25H30Cl2N2O5S/c1-4-19(15-35(33,34)5-2)29-23(21-10-9-18(27)14-28-21)20(16-7-6-8-17(26)11-16)12-25(3,24(29)32)13-22(30)31/h6-11,14,19-20,23H,4-5,12-13,15H2,1-3H3,(H,30,31)/t19-,20+,23-,25-/m0/s1. The third-order valence-electron chi connectivity index (χ3n) is 6.72. The molecule has 0 spiro atoms. The van der Waals surface area contributed by atoms with Gasteiger partial charge < -0.3 is 10.0 Å². The highest BCUT2D eigenvalue weighted by molar-refractivity contribution is 7.91. The number of pyridine rings is 1. The maximum Gasteiger partial charge on any atom is 0.304 e. The van der Waals surface area contributed by atoms with Gasteiger partial charge in [-0.05, 0) is 42.7 Å². The first-order valence-corrected chi connectivity index (χ1v) is 14.1. The van der Waals surface area contributed by atoms with Gasteiger partial charge in [0.2, 0.25) is 5.91 Å². The van der Waals surface area contributed by atoms with Gasteiger partial charge in [0.1, 0.15) is 0 Å². The quantitative estimate of drug-likeness (QED) is 0.472. The van der Waals surface area contributed by atoms with E-state index in [4.69, 9.17) is 23.2 Å². The lowest BCUT2D eigenvalue weighted by molar-refractivity contribution is -0.160. The van der Waals surface area contributed by atoms with Crippen LogP contribution in [0.5, 0.6) is 0 Å². The number of benzene rings is 1. The van der Waals surface area contributed by atoms with Crippen LogP contribution < -0.4 is 0 Å². The van der Waals surface area contributed by atoms with E-state index in [0.29, 0.717) is 22.2 Å². The van der Waals surface area contributed by atoms with E-state index in [1.165, 1.54) is 6.20 Å². The van der Waals surface area contributed by atoms with Crippen LogP contribution in [0.1, 0.15) is 63.3 Å². The Kier molecular flexibility index (Phi) is 8.50. The summed E-state index contributed by atoms with van der Waals surface area (Å²) >= 11 is 12.4. The first-order valence-electron chi connectivity index (χ1n) is 11.5. The van der Waals surface area contributed by atoms with Crippen LogP contribution in [0.3, 0.4) is 0 Å². The molecule has 1 fully saturated rings. The summed E-state index contributed by atoms with van der Waals surface area (Å²) in [6.07, 6.45) is 1.72. The minimum atomic E-state index is -3.44. The molecule has 3 rings (SSSR count). The largest absolute Gasteiger partial charge is 0.481 e. The summed E-state index contributed by atoms with van der Waals surface area (Å²) in [7, 11) is -3.44. The van der Waals surface area contributed by atoms with E-state index in [1.807, 2.05) is 13.0 Å². The van der Waals surface area contributed by atoms with E-state index in [-0.39, 0.29) is 30.3 Å². The number of hydrogen-bond acceptors (Lipinski definition) is 5. The van der Waals surface area contributed by atoms with Crippen molar-refractivity contribution in [2.75, 3.05) is 11.5 Å². The molecule has 0 saturated carbocycles. The molecule has 0 bridgehead atoms. The highest BCUT2D eigenvalue weighted by Crippen LogP contribution is 2.51. The van der Waals surface area contributed by atoms with Crippen molar-refractivity contribution < 1.29 is 23.1 Å². The van der Waals surface area contributed by atoms with Gasteiger partial charge in [0.15, 0.2) is 9.84 Å². The van der Waals surface area contributed by atoms with Crippen molar-refractivity contribution in [3.8, 4) is 0 Å². The van der Waals surface area contributed by atoms with Crippen molar-refractivity contribution in [1.29, 1.82) is 0 Å². The van der Waals surface area contributed by atoms with E-state index >= 15 is 0 Å². The number of carboxylic acid groups (broad SMARTS) is 1. The number of hydrogen-bond donors (Lipinski definition) is 1. The third-order valence-corrected chi connectivity index (χ3v) is 8.96. The van der Waals surface area contributed by atoms with Crippen LogP contribution in [0.25, 0.3) is 0 Å². The molecule has 1 N–H and O–H groups in total. The molecule has 2 heterocycles. The van der Waals surface area contributed by atoms with E-state index in [2.05, 4.69) is 4.98 Å². The second-order valence-corrected chi connectivity index (χ2v) is 12.6. The molecule has 35 heavy (non-hydrogen) atoms. The highest BCUT2D eigenvalue weighted by Gasteiger charge is 2.53. The van der Waals surface area contributed by atoms with Crippen LogP contribution in [0.15, 0.2) is 42.6 Å². The van der Waals surface area contributed by atoms with E-state index in [0.717, 1.165) is 5.56 Å².